The van der Waals surface area contributed by atoms with Gasteiger partial charge in [-0.25, -0.2) is 0 Å². The van der Waals surface area contributed by atoms with Crippen LogP contribution in [-0.4, -0.2) is 11.6 Å². The van der Waals surface area contributed by atoms with Crippen LogP contribution in [0.5, 0.6) is 0 Å². The van der Waals surface area contributed by atoms with Crippen LogP contribution in [0.3, 0.4) is 0 Å². The van der Waals surface area contributed by atoms with Crippen LogP contribution in [0.15, 0.2) is 42.8 Å². The number of aromatic nitrogens is 1. The van der Waals surface area contributed by atoms with Crippen LogP contribution in [0, 0.1) is 0 Å². The molecule has 2 heteroatoms. The Hall–Kier alpha value is -1.57. The number of nitrogens with zero attached hydrogens (tertiary/aromatic N) is 1. The van der Waals surface area contributed by atoms with E-state index in [9.17, 15) is 0 Å². The van der Waals surface area contributed by atoms with Gasteiger partial charge in [0.2, 0.25) is 0 Å². The van der Waals surface area contributed by atoms with E-state index in [0.717, 1.165) is 30.7 Å². The van der Waals surface area contributed by atoms with E-state index < -0.39 is 0 Å². The Balaban J connectivity index is 2.39. The molecule has 0 amide bonds. The van der Waals surface area contributed by atoms with Crippen molar-refractivity contribution in [3.8, 4) is 0 Å². The first kappa shape index (κ1) is 13.5. The van der Waals surface area contributed by atoms with E-state index in [4.69, 9.17) is 4.74 Å². The molecular formula is C15H21NO. The highest BCUT2D eigenvalue weighted by Crippen LogP contribution is 2.06. The zero-order valence-electron chi connectivity index (χ0n) is 10.8. The minimum absolute atomic E-state index is 0.673. The second-order valence-corrected chi connectivity index (χ2v) is 3.83. The first-order valence-corrected chi connectivity index (χ1v) is 6.18. The zero-order chi connectivity index (χ0) is 12.5. The van der Waals surface area contributed by atoms with Gasteiger partial charge >= 0.3 is 0 Å². The minimum atomic E-state index is 0.673. The Labute approximate surface area is 104 Å². The van der Waals surface area contributed by atoms with Crippen molar-refractivity contribution in [3.05, 3.63) is 54.1 Å². The molecule has 0 N–H and O–H groups in total. The summed E-state index contributed by atoms with van der Waals surface area (Å²) in [5, 5.41) is 0. The van der Waals surface area contributed by atoms with Crippen LogP contribution >= 0.6 is 0 Å². The van der Waals surface area contributed by atoms with E-state index in [1.54, 1.807) is 6.08 Å². The van der Waals surface area contributed by atoms with E-state index in [2.05, 4.69) is 37.5 Å². The summed E-state index contributed by atoms with van der Waals surface area (Å²) in [6.07, 6.45) is 8.38. The summed E-state index contributed by atoms with van der Waals surface area (Å²) < 4.78 is 5.64. The Bertz CT molecular complexity index is 365. The van der Waals surface area contributed by atoms with Gasteiger partial charge in [-0.3, -0.25) is 4.98 Å². The highest BCUT2D eigenvalue weighted by atomic mass is 16.5. The van der Waals surface area contributed by atoms with Gasteiger partial charge in [0.15, 0.2) is 0 Å². The maximum Gasteiger partial charge on any atom is 0.0956 e. The molecule has 2 nitrogen and oxygen atoms in total. The smallest absolute Gasteiger partial charge is 0.0956 e. The Morgan fingerprint density at radius 1 is 1.41 bits per heavy atom. The quantitative estimate of drug-likeness (QED) is 0.527. The van der Waals surface area contributed by atoms with Crippen molar-refractivity contribution < 1.29 is 4.74 Å². The van der Waals surface area contributed by atoms with E-state index in [0.29, 0.717) is 6.61 Å². The molecule has 1 aromatic heterocycles. The third-order valence-corrected chi connectivity index (χ3v) is 2.59. The maximum absolute atomic E-state index is 5.64. The van der Waals surface area contributed by atoms with E-state index in [1.165, 1.54) is 5.56 Å². The molecule has 0 aliphatic heterocycles. The van der Waals surface area contributed by atoms with Gasteiger partial charge in [0.05, 0.1) is 12.4 Å². The van der Waals surface area contributed by atoms with Crippen molar-refractivity contribution in [1.29, 1.82) is 0 Å². The van der Waals surface area contributed by atoms with Crippen LogP contribution in [0.2, 0.25) is 0 Å². The predicted molar refractivity (Wildman–Crippen MR) is 71.8 cm³/mol. The van der Waals surface area contributed by atoms with Gasteiger partial charge in [-0.15, -0.1) is 0 Å². The summed E-state index contributed by atoms with van der Waals surface area (Å²) in [4.78, 5) is 4.40. The van der Waals surface area contributed by atoms with Crippen molar-refractivity contribution in [2.75, 3.05) is 6.61 Å². The number of rotatable bonds is 7. The number of pyridine rings is 1. The minimum Gasteiger partial charge on any atom is -0.498 e. The number of hydrogen-bond donors (Lipinski definition) is 0. The number of aryl methyl sites for hydroxylation is 1. The molecule has 0 bridgehead atoms. The first-order chi connectivity index (χ1) is 8.30. The van der Waals surface area contributed by atoms with Crippen LogP contribution in [-0.2, 0) is 17.6 Å². The lowest BCUT2D eigenvalue weighted by Crippen LogP contribution is -2.00. The molecule has 1 rings (SSSR count). The van der Waals surface area contributed by atoms with Crippen molar-refractivity contribution in [2.45, 2.75) is 33.1 Å². The lowest BCUT2D eigenvalue weighted by Gasteiger charge is -2.08. The molecule has 0 saturated heterocycles. The Morgan fingerprint density at radius 3 is 2.76 bits per heavy atom. The molecule has 0 aliphatic carbocycles. The highest BCUT2D eigenvalue weighted by Gasteiger charge is 1.97. The molecule has 92 valence electrons. The van der Waals surface area contributed by atoms with Crippen molar-refractivity contribution in [3.63, 3.8) is 0 Å². The van der Waals surface area contributed by atoms with Crippen LogP contribution < -0.4 is 0 Å². The summed E-state index contributed by atoms with van der Waals surface area (Å²) in [6.45, 7) is 8.54. The van der Waals surface area contributed by atoms with Crippen LogP contribution in [0.1, 0.15) is 31.5 Å². The summed E-state index contributed by atoms with van der Waals surface area (Å²) in [5.41, 5.74) is 2.35. The molecule has 0 saturated carbocycles. The number of ether oxygens (including phenoxy) is 1. The largest absolute Gasteiger partial charge is 0.498 e. The van der Waals surface area contributed by atoms with E-state index in [-0.39, 0.29) is 0 Å². The standard InChI is InChI=1S/C15H21NO/c1-4-7-15(6-3)17-11-10-14-9-8-13(5-2)12-16-14/h4,7-9,12H,1,5-6,10-11H2,2-3H3/b15-7+. The second-order valence-electron chi connectivity index (χ2n) is 3.83. The maximum atomic E-state index is 5.64. The number of allylic oxidation sites excluding steroid dienone is 3. The van der Waals surface area contributed by atoms with Gasteiger partial charge in [0.1, 0.15) is 0 Å². The summed E-state index contributed by atoms with van der Waals surface area (Å²) in [7, 11) is 0. The molecule has 1 aromatic rings. The molecule has 0 atom stereocenters. The van der Waals surface area contributed by atoms with Crippen molar-refractivity contribution >= 4 is 0 Å². The molecule has 0 unspecified atom stereocenters. The van der Waals surface area contributed by atoms with Gasteiger partial charge in [-0.2, -0.15) is 0 Å². The zero-order valence-corrected chi connectivity index (χ0v) is 10.8. The molecule has 0 fully saturated rings. The van der Waals surface area contributed by atoms with Crippen LogP contribution in [0.25, 0.3) is 0 Å². The predicted octanol–water partition coefficient (Wildman–Crippen LogP) is 3.68. The monoisotopic (exact) mass is 231 g/mol. The fraction of sp³-hybridized carbons (Fsp3) is 0.400. The lowest BCUT2D eigenvalue weighted by molar-refractivity contribution is 0.207. The SMILES string of the molecule is C=C/C=C(\CC)OCCc1ccc(CC)cn1. The highest BCUT2D eigenvalue weighted by molar-refractivity contribution is 5.14. The Morgan fingerprint density at radius 2 is 2.24 bits per heavy atom. The van der Waals surface area contributed by atoms with Gasteiger partial charge in [-0.05, 0) is 24.1 Å². The van der Waals surface area contributed by atoms with Crippen molar-refractivity contribution in [1.82, 2.24) is 4.98 Å². The molecule has 0 spiro atoms. The molecule has 0 aliphatic rings. The average Bonchev–Trinajstić information content (AvgIpc) is 2.38. The molecule has 0 aromatic carbocycles. The summed E-state index contributed by atoms with van der Waals surface area (Å²) >= 11 is 0. The van der Waals surface area contributed by atoms with Gasteiger partial charge in [0, 0.05) is 24.7 Å². The van der Waals surface area contributed by atoms with Crippen molar-refractivity contribution in [2.24, 2.45) is 0 Å². The molecular weight excluding hydrogens is 210 g/mol. The summed E-state index contributed by atoms with van der Waals surface area (Å²) in [5.74, 6) is 0.977. The molecule has 1 heterocycles. The van der Waals surface area contributed by atoms with Crippen LogP contribution in [0.4, 0.5) is 0 Å². The van der Waals surface area contributed by atoms with Gasteiger partial charge < -0.3 is 4.74 Å². The molecule has 0 radical (unpaired) electrons. The summed E-state index contributed by atoms with van der Waals surface area (Å²) in [6, 6.07) is 4.20. The topological polar surface area (TPSA) is 22.1 Å². The van der Waals surface area contributed by atoms with Gasteiger partial charge in [-0.1, -0.05) is 32.6 Å². The average molecular weight is 231 g/mol. The van der Waals surface area contributed by atoms with E-state index >= 15 is 0 Å². The lowest BCUT2D eigenvalue weighted by atomic mass is 10.2. The van der Waals surface area contributed by atoms with Gasteiger partial charge in [0.25, 0.3) is 0 Å². The van der Waals surface area contributed by atoms with E-state index in [1.807, 2.05) is 12.3 Å². The normalized spacial score (nSPS) is 11.3. The number of hydrogen-bond acceptors (Lipinski definition) is 2. The fourth-order valence-electron chi connectivity index (χ4n) is 1.50. The molecule has 17 heavy (non-hydrogen) atoms. The third kappa shape index (κ3) is 4.85. The third-order valence-electron chi connectivity index (χ3n) is 2.59. The Kier molecular flexibility index (Phi) is 6.08. The fourth-order valence-corrected chi connectivity index (χ4v) is 1.50. The first-order valence-electron chi connectivity index (χ1n) is 6.18. The second kappa shape index (κ2) is 7.66.